The van der Waals surface area contributed by atoms with E-state index in [9.17, 15) is 4.79 Å². The van der Waals surface area contributed by atoms with E-state index in [0.717, 1.165) is 17.7 Å². The first kappa shape index (κ1) is 10.9. The standard InChI is InChI=1S/C11H11ClN3O/c12-5-3-11(16)15-6-4-8-1-2-9(14-13)7-10(8)15/h1-2,7H,3-6H2/q+1. The summed E-state index contributed by atoms with van der Waals surface area (Å²) in [4.78, 5) is 16.6. The molecule has 0 N–H and O–H groups in total. The number of rotatable bonds is 2. The van der Waals surface area contributed by atoms with Crippen molar-refractivity contribution in [3.8, 4) is 0 Å². The van der Waals surface area contributed by atoms with Crippen molar-refractivity contribution < 1.29 is 4.79 Å². The van der Waals surface area contributed by atoms with Crippen LogP contribution in [0.15, 0.2) is 18.2 Å². The van der Waals surface area contributed by atoms with Crippen molar-refractivity contribution in [2.24, 2.45) is 0 Å². The summed E-state index contributed by atoms with van der Waals surface area (Å²) < 4.78 is 0. The van der Waals surface area contributed by atoms with Gasteiger partial charge >= 0.3 is 5.69 Å². The summed E-state index contributed by atoms with van der Waals surface area (Å²) in [5, 5.41) is 8.70. The summed E-state index contributed by atoms with van der Waals surface area (Å²) in [6.45, 7) is 0.680. The second-order valence-corrected chi connectivity index (χ2v) is 4.03. The van der Waals surface area contributed by atoms with Gasteiger partial charge in [0.25, 0.3) is 0 Å². The zero-order valence-electron chi connectivity index (χ0n) is 8.69. The molecule has 0 radical (unpaired) electrons. The van der Waals surface area contributed by atoms with Gasteiger partial charge in [0.2, 0.25) is 11.3 Å². The first-order valence-corrected chi connectivity index (χ1v) is 5.64. The molecule has 0 saturated carbocycles. The highest BCUT2D eigenvalue weighted by Gasteiger charge is 2.26. The number of carbonyl (C=O) groups excluding carboxylic acids is 1. The van der Waals surface area contributed by atoms with E-state index in [4.69, 9.17) is 17.0 Å². The normalized spacial score (nSPS) is 13.4. The van der Waals surface area contributed by atoms with Crippen molar-refractivity contribution >= 4 is 28.9 Å². The number of diazo groups is 1. The van der Waals surface area contributed by atoms with Gasteiger partial charge in [0.1, 0.15) is 0 Å². The molecule has 82 valence electrons. The van der Waals surface area contributed by atoms with Crippen LogP contribution in [0.3, 0.4) is 0 Å². The van der Waals surface area contributed by atoms with E-state index in [1.807, 2.05) is 6.07 Å². The lowest BCUT2D eigenvalue weighted by atomic mass is 10.1. The molecular formula is C11H11ClN3O+. The van der Waals surface area contributed by atoms with Gasteiger partial charge in [-0.25, -0.2) is 0 Å². The van der Waals surface area contributed by atoms with Crippen molar-refractivity contribution in [1.82, 2.24) is 0 Å². The van der Waals surface area contributed by atoms with Crippen molar-refractivity contribution in [3.05, 3.63) is 28.7 Å². The Bertz CT molecular complexity index is 467. The van der Waals surface area contributed by atoms with Crippen LogP contribution in [0.4, 0.5) is 11.4 Å². The Balaban J connectivity index is 2.31. The number of hydrogen-bond acceptors (Lipinski definition) is 2. The van der Waals surface area contributed by atoms with Gasteiger partial charge in [-0.15, -0.1) is 11.6 Å². The molecule has 1 heterocycles. The topological polar surface area (TPSA) is 48.5 Å². The molecule has 0 spiro atoms. The lowest BCUT2D eigenvalue weighted by Gasteiger charge is -2.15. The Labute approximate surface area is 98.4 Å². The number of hydrogen-bond donors (Lipinski definition) is 0. The highest BCUT2D eigenvalue weighted by atomic mass is 35.5. The second-order valence-electron chi connectivity index (χ2n) is 3.65. The number of anilines is 1. The fourth-order valence-electron chi connectivity index (χ4n) is 1.90. The average Bonchev–Trinajstić information content (AvgIpc) is 2.71. The van der Waals surface area contributed by atoms with Gasteiger partial charge in [0, 0.05) is 24.9 Å². The van der Waals surface area contributed by atoms with Crippen molar-refractivity contribution in [3.63, 3.8) is 0 Å². The summed E-state index contributed by atoms with van der Waals surface area (Å²) in [6.07, 6.45) is 1.18. The number of halogens is 1. The van der Waals surface area contributed by atoms with Crippen molar-refractivity contribution in [1.29, 1.82) is 5.39 Å². The fraction of sp³-hybridized carbons (Fsp3) is 0.364. The third-order valence-corrected chi connectivity index (χ3v) is 2.88. The maximum atomic E-state index is 11.8. The Hall–Kier alpha value is -1.60. The monoisotopic (exact) mass is 236 g/mol. The van der Waals surface area contributed by atoms with Gasteiger partial charge in [-0.05, 0) is 18.1 Å². The molecule has 1 aromatic carbocycles. The number of amides is 1. The molecule has 0 fully saturated rings. The Morgan fingerprint density at radius 1 is 1.56 bits per heavy atom. The Morgan fingerprint density at radius 3 is 3.06 bits per heavy atom. The van der Waals surface area contributed by atoms with Crippen LogP contribution in [0, 0.1) is 5.39 Å². The van der Waals surface area contributed by atoms with E-state index in [1.54, 1.807) is 17.0 Å². The van der Waals surface area contributed by atoms with Crippen LogP contribution in [0.25, 0.3) is 4.98 Å². The average molecular weight is 237 g/mol. The Kier molecular flexibility index (Phi) is 3.07. The SMILES string of the molecule is N#[N+]c1ccc2c(c1)N(C(=O)CCCl)CC2. The summed E-state index contributed by atoms with van der Waals surface area (Å²) >= 11 is 5.55. The first-order valence-electron chi connectivity index (χ1n) is 5.10. The van der Waals surface area contributed by atoms with E-state index in [1.165, 1.54) is 0 Å². The fourth-order valence-corrected chi connectivity index (χ4v) is 2.07. The van der Waals surface area contributed by atoms with Gasteiger partial charge in [0.15, 0.2) is 4.98 Å². The van der Waals surface area contributed by atoms with Gasteiger partial charge < -0.3 is 4.90 Å². The number of fused-ring (bicyclic) bond motifs is 1. The highest BCUT2D eigenvalue weighted by molar-refractivity contribution is 6.19. The quantitative estimate of drug-likeness (QED) is 0.586. The summed E-state index contributed by atoms with van der Waals surface area (Å²) in [6, 6.07) is 5.33. The van der Waals surface area contributed by atoms with Crippen LogP contribution in [0.5, 0.6) is 0 Å². The maximum absolute atomic E-state index is 11.8. The lowest BCUT2D eigenvalue weighted by Crippen LogP contribution is -2.28. The first-order chi connectivity index (χ1) is 7.76. The molecule has 0 saturated heterocycles. The molecule has 0 atom stereocenters. The molecule has 1 aromatic rings. The third-order valence-electron chi connectivity index (χ3n) is 2.69. The molecule has 0 unspecified atom stereocenters. The molecule has 4 nitrogen and oxygen atoms in total. The maximum Gasteiger partial charge on any atom is 0.387 e. The number of carbonyl (C=O) groups is 1. The predicted molar refractivity (Wildman–Crippen MR) is 62.6 cm³/mol. The molecule has 16 heavy (non-hydrogen) atoms. The van der Waals surface area contributed by atoms with Crippen LogP contribution in [0.2, 0.25) is 0 Å². The van der Waals surface area contributed by atoms with E-state index in [-0.39, 0.29) is 5.91 Å². The number of benzene rings is 1. The second kappa shape index (κ2) is 4.50. The van der Waals surface area contributed by atoms with Crippen molar-refractivity contribution in [2.45, 2.75) is 12.8 Å². The zero-order chi connectivity index (χ0) is 11.5. The summed E-state index contributed by atoms with van der Waals surface area (Å²) in [7, 11) is 0. The van der Waals surface area contributed by atoms with Crippen LogP contribution in [-0.2, 0) is 11.2 Å². The molecule has 0 aliphatic carbocycles. The highest BCUT2D eigenvalue weighted by Crippen LogP contribution is 2.32. The molecule has 1 aliphatic rings. The molecule has 2 rings (SSSR count). The van der Waals surface area contributed by atoms with E-state index >= 15 is 0 Å². The van der Waals surface area contributed by atoms with Crippen LogP contribution in [-0.4, -0.2) is 18.3 Å². The minimum Gasteiger partial charge on any atom is -0.311 e. The minimum absolute atomic E-state index is 0.0174. The van der Waals surface area contributed by atoms with Crippen LogP contribution < -0.4 is 4.90 Å². The molecule has 5 heteroatoms. The predicted octanol–water partition coefficient (Wildman–Crippen LogP) is 2.69. The molecule has 0 aromatic heterocycles. The van der Waals surface area contributed by atoms with Gasteiger partial charge in [0.05, 0.1) is 11.8 Å². The summed E-state index contributed by atoms with van der Waals surface area (Å²) in [5.41, 5.74) is 2.41. The van der Waals surface area contributed by atoms with Crippen LogP contribution in [0.1, 0.15) is 12.0 Å². The van der Waals surface area contributed by atoms with E-state index < -0.39 is 0 Å². The molecular weight excluding hydrogens is 226 g/mol. The molecule has 1 amide bonds. The zero-order valence-corrected chi connectivity index (χ0v) is 9.44. The van der Waals surface area contributed by atoms with E-state index in [0.29, 0.717) is 24.5 Å². The van der Waals surface area contributed by atoms with Gasteiger partial charge in [-0.2, -0.15) is 0 Å². The number of nitrogens with zero attached hydrogens (tertiary/aromatic N) is 3. The Morgan fingerprint density at radius 2 is 2.38 bits per heavy atom. The van der Waals surface area contributed by atoms with Crippen molar-refractivity contribution in [2.75, 3.05) is 17.3 Å². The lowest BCUT2D eigenvalue weighted by molar-refractivity contribution is -0.118. The molecule has 0 bridgehead atoms. The number of alkyl halides is 1. The van der Waals surface area contributed by atoms with Gasteiger partial charge in [-0.3, -0.25) is 4.79 Å². The largest absolute Gasteiger partial charge is 0.387 e. The molecule has 1 aliphatic heterocycles. The van der Waals surface area contributed by atoms with E-state index in [2.05, 4.69) is 4.98 Å². The smallest absolute Gasteiger partial charge is 0.311 e. The third kappa shape index (κ3) is 1.86. The summed E-state index contributed by atoms with van der Waals surface area (Å²) in [5.74, 6) is 0.346. The van der Waals surface area contributed by atoms with Gasteiger partial charge in [-0.1, -0.05) is 0 Å². The van der Waals surface area contributed by atoms with Crippen LogP contribution >= 0.6 is 11.6 Å². The minimum atomic E-state index is 0.0174.